The van der Waals surface area contributed by atoms with E-state index in [-0.39, 0.29) is 0 Å². The molecule has 0 saturated heterocycles. The largest absolute Gasteiger partial charge is 0.480 e. The van der Waals surface area contributed by atoms with Gasteiger partial charge in [-0.05, 0) is 12.3 Å². The third-order valence-corrected chi connectivity index (χ3v) is 2.86. The summed E-state index contributed by atoms with van der Waals surface area (Å²) in [5.74, 6) is -0.521. The van der Waals surface area contributed by atoms with E-state index in [0.29, 0.717) is 11.0 Å². The van der Waals surface area contributed by atoms with Gasteiger partial charge in [-0.2, -0.15) is 4.37 Å². The maximum atomic E-state index is 11.6. The number of carbonyl (C=O) groups excluding carboxylic acids is 1. The zero-order valence-electron chi connectivity index (χ0n) is 10.6. The Kier molecular flexibility index (Phi) is 4.23. The van der Waals surface area contributed by atoms with E-state index in [4.69, 9.17) is 5.11 Å². The Morgan fingerprint density at radius 3 is 2.39 bits per heavy atom. The molecule has 1 heterocycles. The summed E-state index contributed by atoms with van der Waals surface area (Å²) in [5.41, 5.74) is -0.583. The Labute approximate surface area is 109 Å². The number of aliphatic carboxylic acids is 1. The molecule has 0 aliphatic carbocycles. The van der Waals surface area contributed by atoms with Crippen LogP contribution in [-0.4, -0.2) is 32.5 Å². The van der Waals surface area contributed by atoms with Crippen LogP contribution in [0.5, 0.6) is 0 Å². The molecule has 18 heavy (non-hydrogen) atoms. The molecule has 1 unspecified atom stereocenters. The average Bonchev–Trinajstić information content (AvgIpc) is 2.58. The summed E-state index contributed by atoms with van der Waals surface area (Å²) in [6.07, 6.45) is 0. The van der Waals surface area contributed by atoms with Crippen molar-refractivity contribution in [3.63, 3.8) is 0 Å². The molecule has 0 bridgehead atoms. The molecule has 0 aliphatic heterocycles. The molecule has 1 aromatic heterocycles. The Balaban J connectivity index is 2.65. The van der Waals surface area contributed by atoms with Crippen molar-refractivity contribution >= 4 is 28.7 Å². The Bertz CT molecular complexity index is 452. The average molecular weight is 272 g/mol. The maximum Gasteiger partial charge on any atom is 0.326 e. The first-order chi connectivity index (χ1) is 8.20. The van der Waals surface area contributed by atoms with Gasteiger partial charge in [-0.25, -0.2) is 14.6 Å². The lowest BCUT2D eigenvalue weighted by Gasteiger charge is -2.27. The van der Waals surface area contributed by atoms with E-state index in [9.17, 15) is 9.59 Å². The summed E-state index contributed by atoms with van der Waals surface area (Å²) in [5, 5.41) is 14.3. The number of carboxylic acid groups (broad SMARTS) is 1. The summed E-state index contributed by atoms with van der Waals surface area (Å²) < 4.78 is 3.90. The van der Waals surface area contributed by atoms with Crippen LogP contribution in [0.15, 0.2) is 0 Å². The van der Waals surface area contributed by atoms with Crippen LogP contribution < -0.4 is 10.6 Å². The van der Waals surface area contributed by atoms with Gasteiger partial charge in [0, 0.05) is 11.5 Å². The van der Waals surface area contributed by atoms with Crippen molar-refractivity contribution < 1.29 is 14.7 Å². The Morgan fingerprint density at radius 2 is 2.00 bits per heavy atom. The second-order valence-electron chi connectivity index (χ2n) is 4.88. The van der Waals surface area contributed by atoms with Crippen LogP contribution in [0.1, 0.15) is 26.6 Å². The number of nitrogens with one attached hydrogen (secondary N) is 2. The number of hydrogen-bond acceptors (Lipinski definition) is 5. The van der Waals surface area contributed by atoms with E-state index in [0.717, 1.165) is 11.5 Å². The van der Waals surface area contributed by atoms with Crippen molar-refractivity contribution in [2.75, 3.05) is 5.32 Å². The molecule has 3 N–H and O–H groups in total. The van der Waals surface area contributed by atoms with Gasteiger partial charge in [-0.15, -0.1) is 0 Å². The topological polar surface area (TPSA) is 104 Å². The van der Waals surface area contributed by atoms with Gasteiger partial charge >= 0.3 is 12.0 Å². The summed E-state index contributed by atoms with van der Waals surface area (Å²) in [7, 11) is 0. The minimum absolute atomic E-state index is 0.336. The lowest BCUT2D eigenvalue weighted by molar-refractivity contribution is -0.141. The first-order valence-electron chi connectivity index (χ1n) is 5.31. The van der Waals surface area contributed by atoms with Crippen molar-refractivity contribution in [3.8, 4) is 0 Å². The number of carboxylic acids is 1. The van der Waals surface area contributed by atoms with Crippen LogP contribution in [-0.2, 0) is 4.79 Å². The second-order valence-corrected chi connectivity index (χ2v) is 5.63. The van der Waals surface area contributed by atoms with Gasteiger partial charge in [0.1, 0.15) is 11.9 Å². The van der Waals surface area contributed by atoms with E-state index in [1.54, 1.807) is 27.7 Å². The first kappa shape index (κ1) is 14.4. The van der Waals surface area contributed by atoms with Gasteiger partial charge in [0.05, 0.1) is 0 Å². The molecule has 1 atom stereocenters. The second kappa shape index (κ2) is 5.30. The normalized spacial score (nSPS) is 12.9. The zero-order chi connectivity index (χ0) is 13.9. The molecule has 7 nitrogen and oxygen atoms in total. The van der Waals surface area contributed by atoms with Crippen molar-refractivity contribution in [1.29, 1.82) is 0 Å². The predicted octanol–water partition coefficient (Wildman–Crippen LogP) is 1.47. The van der Waals surface area contributed by atoms with Crippen LogP contribution in [0.3, 0.4) is 0 Å². The van der Waals surface area contributed by atoms with Crippen LogP contribution >= 0.6 is 11.5 Å². The van der Waals surface area contributed by atoms with E-state index < -0.39 is 23.5 Å². The van der Waals surface area contributed by atoms with Crippen LogP contribution in [0, 0.1) is 12.3 Å². The van der Waals surface area contributed by atoms with Gasteiger partial charge in [-0.3, -0.25) is 5.32 Å². The number of rotatable bonds is 3. The number of anilines is 1. The summed E-state index contributed by atoms with van der Waals surface area (Å²) in [6.45, 7) is 6.91. The van der Waals surface area contributed by atoms with Crippen molar-refractivity contribution in [2.24, 2.45) is 5.41 Å². The molecular weight excluding hydrogens is 256 g/mol. The number of hydrogen-bond donors (Lipinski definition) is 3. The molecule has 0 aliphatic rings. The number of urea groups is 1. The third-order valence-electron chi connectivity index (χ3n) is 2.14. The third kappa shape index (κ3) is 3.95. The van der Waals surface area contributed by atoms with E-state index >= 15 is 0 Å². The molecule has 0 aromatic carbocycles. The van der Waals surface area contributed by atoms with Crippen LogP contribution in [0.2, 0.25) is 0 Å². The van der Waals surface area contributed by atoms with Gasteiger partial charge in [-0.1, -0.05) is 20.8 Å². The number of amides is 2. The summed E-state index contributed by atoms with van der Waals surface area (Å²) in [6, 6.07) is -1.58. The number of carbonyl (C=O) groups is 2. The highest BCUT2D eigenvalue weighted by Crippen LogP contribution is 2.19. The molecule has 0 spiro atoms. The minimum atomic E-state index is -1.08. The summed E-state index contributed by atoms with van der Waals surface area (Å²) >= 11 is 1.04. The molecule has 0 saturated carbocycles. The highest BCUT2D eigenvalue weighted by molar-refractivity contribution is 7.09. The summed E-state index contributed by atoms with van der Waals surface area (Å²) in [4.78, 5) is 26.7. The van der Waals surface area contributed by atoms with E-state index in [2.05, 4.69) is 20.0 Å². The lowest BCUT2D eigenvalue weighted by Crippen LogP contribution is -2.50. The van der Waals surface area contributed by atoms with Crippen molar-refractivity contribution in [1.82, 2.24) is 14.7 Å². The smallest absolute Gasteiger partial charge is 0.326 e. The molecule has 1 rings (SSSR count). The number of aromatic nitrogens is 2. The number of nitrogens with zero attached hydrogens (tertiary/aromatic N) is 2. The quantitative estimate of drug-likeness (QED) is 0.772. The molecule has 2 amide bonds. The van der Waals surface area contributed by atoms with Crippen molar-refractivity contribution in [3.05, 3.63) is 5.82 Å². The fourth-order valence-corrected chi connectivity index (χ4v) is 1.83. The fraction of sp³-hybridized carbons (Fsp3) is 0.600. The van der Waals surface area contributed by atoms with Gasteiger partial charge in [0.25, 0.3) is 0 Å². The van der Waals surface area contributed by atoms with E-state index in [1.807, 2.05) is 0 Å². The minimum Gasteiger partial charge on any atom is -0.480 e. The predicted molar refractivity (Wildman–Crippen MR) is 67.7 cm³/mol. The maximum absolute atomic E-state index is 11.6. The lowest BCUT2D eigenvalue weighted by atomic mass is 9.87. The van der Waals surface area contributed by atoms with Crippen LogP contribution in [0.25, 0.3) is 0 Å². The van der Waals surface area contributed by atoms with Gasteiger partial charge in [0.15, 0.2) is 0 Å². The standard InChI is InChI=1S/C10H16N4O3S/c1-5-11-9(18-14-5)13-8(17)12-6(7(15)16)10(2,3)4/h6H,1-4H3,(H,15,16)(H2,11,12,13,14,17). The SMILES string of the molecule is Cc1nsc(NC(=O)NC(C(=O)O)C(C)(C)C)n1. The highest BCUT2D eigenvalue weighted by Gasteiger charge is 2.32. The molecule has 8 heteroatoms. The molecule has 0 radical (unpaired) electrons. The molecular formula is C10H16N4O3S. The fourth-order valence-electron chi connectivity index (χ4n) is 1.26. The Hall–Kier alpha value is -1.70. The monoisotopic (exact) mass is 272 g/mol. The molecule has 0 fully saturated rings. The van der Waals surface area contributed by atoms with Gasteiger partial charge < -0.3 is 10.4 Å². The highest BCUT2D eigenvalue weighted by atomic mass is 32.1. The first-order valence-corrected chi connectivity index (χ1v) is 6.08. The van der Waals surface area contributed by atoms with Crippen molar-refractivity contribution in [2.45, 2.75) is 33.7 Å². The number of aryl methyl sites for hydroxylation is 1. The van der Waals surface area contributed by atoms with Gasteiger partial charge in [0.2, 0.25) is 5.13 Å². The molecule has 1 aromatic rings. The Morgan fingerprint density at radius 1 is 1.39 bits per heavy atom. The van der Waals surface area contributed by atoms with Crippen LogP contribution in [0.4, 0.5) is 9.93 Å². The molecule has 100 valence electrons. The van der Waals surface area contributed by atoms with E-state index in [1.165, 1.54) is 0 Å². The zero-order valence-corrected chi connectivity index (χ0v) is 11.5.